The quantitative estimate of drug-likeness (QED) is 0.548. The zero-order valence-corrected chi connectivity index (χ0v) is 18.5. The van der Waals surface area contributed by atoms with Gasteiger partial charge in [-0.15, -0.1) is 0 Å². The van der Waals surface area contributed by atoms with E-state index in [0.29, 0.717) is 40.7 Å². The van der Waals surface area contributed by atoms with Gasteiger partial charge >= 0.3 is 12.1 Å². The van der Waals surface area contributed by atoms with E-state index in [-0.39, 0.29) is 23.4 Å². The Morgan fingerprint density at radius 3 is 2.59 bits per heavy atom. The number of nitrogens with zero attached hydrogens (tertiary/aromatic N) is 2. The van der Waals surface area contributed by atoms with Crippen LogP contribution in [0.25, 0.3) is 10.2 Å². The van der Waals surface area contributed by atoms with Gasteiger partial charge in [0.05, 0.1) is 59.4 Å². The number of thiazole rings is 1. The highest BCUT2D eigenvalue weighted by Crippen LogP contribution is 2.42. The molecular formula is C22H18F3N3O5S. The number of carbonyl (C=O) groups is 2. The van der Waals surface area contributed by atoms with Crippen LogP contribution in [-0.4, -0.2) is 54.4 Å². The molecule has 1 aromatic heterocycles. The third-order valence-corrected chi connectivity index (χ3v) is 7.05. The van der Waals surface area contributed by atoms with Gasteiger partial charge in [0.25, 0.3) is 5.91 Å². The van der Waals surface area contributed by atoms with Crippen LogP contribution in [0.1, 0.15) is 32.7 Å². The fourth-order valence-electron chi connectivity index (χ4n) is 4.30. The van der Waals surface area contributed by atoms with Crippen LogP contribution >= 0.6 is 11.3 Å². The van der Waals surface area contributed by atoms with Gasteiger partial charge in [0.15, 0.2) is 5.13 Å². The molecule has 3 heterocycles. The topological polar surface area (TPSA) is 101 Å². The number of benzene rings is 2. The Hall–Kier alpha value is -3.38. The summed E-state index contributed by atoms with van der Waals surface area (Å²) in [4.78, 5) is 31.6. The molecule has 0 spiro atoms. The number of amides is 1. The molecule has 2 N–H and O–H groups in total. The van der Waals surface area contributed by atoms with Gasteiger partial charge in [0.1, 0.15) is 11.3 Å². The normalized spacial score (nSPS) is 19.6. The second-order valence-corrected chi connectivity index (χ2v) is 8.97. The van der Waals surface area contributed by atoms with E-state index < -0.39 is 34.9 Å². The second kappa shape index (κ2) is 8.13. The molecule has 0 saturated carbocycles. The Balaban J connectivity index is 1.55. The van der Waals surface area contributed by atoms with Gasteiger partial charge in [-0.1, -0.05) is 11.3 Å². The summed E-state index contributed by atoms with van der Waals surface area (Å²) in [5.74, 6) is -2.08. The van der Waals surface area contributed by atoms with E-state index in [4.69, 9.17) is 9.47 Å². The summed E-state index contributed by atoms with van der Waals surface area (Å²) in [7, 11) is 1.37. The van der Waals surface area contributed by atoms with Gasteiger partial charge in [0, 0.05) is 0 Å². The highest BCUT2D eigenvalue weighted by atomic mass is 32.1. The highest BCUT2D eigenvalue weighted by Gasteiger charge is 2.44. The summed E-state index contributed by atoms with van der Waals surface area (Å²) in [5.41, 5.74) is -1.42. The molecule has 2 atom stereocenters. The molecule has 178 valence electrons. The summed E-state index contributed by atoms with van der Waals surface area (Å²) < 4.78 is 50.9. The van der Waals surface area contributed by atoms with E-state index >= 15 is 0 Å². The lowest BCUT2D eigenvalue weighted by Gasteiger charge is -2.52. The van der Waals surface area contributed by atoms with Crippen LogP contribution in [0.2, 0.25) is 0 Å². The van der Waals surface area contributed by atoms with E-state index in [9.17, 15) is 27.9 Å². The molecule has 8 nitrogen and oxygen atoms in total. The molecule has 12 heteroatoms. The predicted molar refractivity (Wildman–Crippen MR) is 118 cm³/mol. The van der Waals surface area contributed by atoms with Crippen molar-refractivity contribution in [2.45, 2.75) is 24.7 Å². The number of anilines is 2. The Kier molecular flexibility index (Phi) is 5.36. The highest BCUT2D eigenvalue weighted by molar-refractivity contribution is 7.22. The minimum absolute atomic E-state index is 0.0689. The largest absolute Gasteiger partial charge is 0.496 e. The number of ether oxygens (including phenoxy) is 2. The Bertz CT molecular complexity index is 1290. The van der Waals surface area contributed by atoms with Crippen LogP contribution < -0.4 is 15.0 Å². The number of hydrogen-bond acceptors (Lipinski definition) is 7. The zero-order chi connectivity index (χ0) is 24.2. The number of halogens is 3. The molecule has 2 aromatic carbocycles. The summed E-state index contributed by atoms with van der Waals surface area (Å²) in [6.07, 6.45) is -3.71. The molecule has 2 bridgehead atoms. The van der Waals surface area contributed by atoms with Gasteiger partial charge in [-0.3, -0.25) is 4.79 Å². The van der Waals surface area contributed by atoms with Crippen molar-refractivity contribution in [3.63, 3.8) is 0 Å². The van der Waals surface area contributed by atoms with Crippen molar-refractivity contribution in [3.05, 3.63) is 47.0 Å². The smallest absolute Gasteiger partial charge is 0.416 e. The average Bonchev–Trinajstić information content (AvgIpc) is 3.20. The molecule has 5 rings (SSSR count). The zero-order valence-electron chi connectivity index (χ0n) is 17.7. The van der Waals surface area contributed by atoms with Crippen molar-refractivity contribution in [2.75, 3.05) is 30.5 Å². The van der Waals surface area contributed by atoms with Crippen molar-refractivity contribution >= 4 is 44.2 Å². The predicted octanol–water partition coefficient (Wildman–Crippen LogP) is 4.25. The number of morpholine rings is 1. The SMILES string of the molecule is COc1ccc2nc(N3C4COCC3C4)sc2c1C(=O)Nc1cc(C(F)(F)F)ccc1C(=O)O. The van der Waals surface area contributed by atoms with E-state index in [0.717, 1.165) is 12.5 Å². The monoisotopic (exact) mass is 493 g/mol. The van der Waals surface area contributed by atoms with Crippen LogP contribution in [0, 0.1) is 0 Å². The molecule has 1 amide bonds. The molecule has 2 saturated heterocycles. The standard InChI is InChI=1S/C22H18F3N3O5S/c1-32-16-5-4-14-18(34-21(27-14)28-11-7-12(28)9-33-8-11)17(16)19(29)26-15-6-10(22(23,24)25)2-3-13(15)20(30)31/h2-6,11-12H,7-9H2,1H3,(H,26,29)(H,30,31). The number of alkyl halides is 3. The molecule has 2 unspecified atom stereocenters. The Labute approximate surface area is 194 Å². The van der Waals surface area contributed by atoms with Gasteiger partial charge in [-0.05, 0) is 36.8 Å². The minimum Gasteiger partial charge on any atom is -0.496 e. The number of aromatic nitrogens is 1. The fourth-order valence-corrected chi connectivity index (χ4v) is 5.55. The number of nitrogens with one attached hydrogen (secondary N) is 1. The first-order valence-electron chi connectivity index (χ1n) is 10.3. The number of hydrogen-bond donors (Lipinski definition) is 2. The van der Waals surface area contributed by atoms with Crippen LogP contribution in [0.5, 0.6) is 5.75 Å². The average molecular weight is 493 g/mol. The van der Waals surface area contributed by atoms with Crippen LogP contribution in [0.15, 0.2) is 30.3 Å². The van der Waals surface area contributed by atoms with Crippen molar-refractivity contribution < 1.29 is 37.3 Å². The van der Waals surface area contributed by atoms with E-state index in [1.807, 2.05) is 0 Å². The van der Waals surface area contributed by atoms with Crippen LogP contribution in [0.3, 0.4) is 0 Å². The fraction of sp³-hybridized carbons (Fsp3) is 0.318. The van der Waals surface area contributed by atoms with Gasteiger partial charge in [0.2, 0.25) is 0 Å². The lowest BCUT2D eigenvalue weighted by molar-refractivity contribution is -0.137. The summed E-state index contributed by atoms with van der Waals surface area (Å²) >= 11 is 1.27. The number of carboxylic acid groups (broad SMARTS) is 1. The maximum absolute atomic E-state index is 13.3. The van der Waals surface area contributed by atoms with Crippen molar-refractivity contribution in [1.29, 1.82) is 0 Å². The second-order valence-electron chi connectivity index (χ2n) is 7.99. The molecule has 2 aliphatic rings. The van der Waals surface area contributed by atoms with E-state index in [1.165, 1.54) is 18.4 Å². The number of methoxy groups -OCH3 is 1. The number of rotatable bonds is 5. The molecule has 3 aromatic rings. The maximum Gasteiger partial charge on any atom is 0.416 e. The van der Waals surface area contributed by atoms with Crippen molar-refractivity contribution in [2.24, 2.45) is 0 Å². The first-order valence-corrected chi connectivity index (χ1v) is 11.1. The lowest BCUT2D eigenvalue weighted by Crippen LogP contribution is -2.64. The third kappa shape index (κ3) is 3.72. The van der Waals surface area contributed by atoms with Gasteiger partial charge in [-0.25, -0.2) is 9.78 Å². The molecule has 34 heavy (non-hydrogen) atoms. The number of carbonyl (C=O) groups excluding carboxylic acids is 1. The van der Waals surface area contributed by atoms with Crippen molar-refractivity contribution in [1.82, 2.24) is 4.98 Å². The lowest BCUT2D eigenvalue weighted by atomic mass is 9.92. The van der Waals surface area contributed by atoms with Crippen LogP contribution in [0.4, 0.5) is 24.0 Å². The maximum atomic E-state index is 13.3. The van der Waals surface area contributed by atoms with Gasteiger partial charge < -0.3 is 24.8 Å². The van der Waals surface area contributed by atoms with Gasteiger partial charge in [-0.2, -0.15) is 13.2 Å². The Morgan fingerprint density at radius 2 is 1.97 bits per heavy atom. The first-order chi connectivity index (χ1) is 16.2. The molecular weight excluding hydrogens is 475 g/mol. The molecule has 0 radical (unpaired) electrons. The van der Waals surface area contributed by atoms with E-state index in [2.05, 4.69) is 15.2 Å². The molecule has 0 aliphatic carbocycles. The van der Waals surface area contributed by atoms with E-state index in [1.54, 1.807) is 12.1 Å². The number of aromatic carboxylic acids is 1. The molecule has 2 aliphatic heterocycles. The minimum atomic E-state index is -4.71. The Morgan fingerprint density at radius 1 is 1.24 bits per heavy atom. The molecule has 2 fully saturated rings. The first kappa shape index (κ1) is 22.4. The van der Waals surface area contributed by atoms with Crippen molar-refractivity contribution in [3.8, 4) is 5.75 Å². The third-order valence-electron chi connectivity index (χ3n) is 5.95. The number of carboxylic acids is 1. The summed E-state index contributed by atoms with van der Waals surface area (Å²) in [6, 6.07) is 5.74. The van der Waals surface area contributed by atoms with Crippen LogP contribution in [-0.2, 0) is 10.9 Å². The number of fused-ring (bicyclic) bond motifs is 3. The summed E-state index contributed by atoms with van der Waals surface area (Å²) in [5, 5.41) is 12.5. The summed E-state index contributed by atoms with van der Waals surface area (Å²) in [6.45, 7) is 1.19.